The standard InChI is InChI=1S/C12H13BrClN3O/c1-7(2)15-6-11-16-17-12(18-11)9-5-8(13)3-4-10(9)14/h3-5,7,15H,6H2,1-2H3. The van der Waals surface area contributed by atoms with E-state index in [-0.39, 0.29) is 0 Å². The number of halogens is 2. The molecular formula is C12H13BrClN3O. The second-order valence-corrected chi connectivity index (χ2v) is 5.48. The molecule has 18 heavy (non-hydrogen) atoms. The maximum Gasteiger partial charge on any atom is 0.249 e. The van der Waals surface area contributed by atoms with Gasteiger partial charge in [-0.25, -0.2) is 0 Å². The molecule has 1 N–H and O–H groups in total. The van der Waals surface area contributed by atoms with Crippen LogP contribution in [-0.2, 0) is 6.54 Å². The van der Waals surface area contributed by atoms with Crippen molar-refractivity contribution in [2.24, 2.45) is 0 Å². The molecule has 0 aliphatic heterocycles. The third-order valence-electron chi connectivity index (χ3n) is 2.29. The fourth-order valence-electron chi connectivity index (χ4n) is 1.39. The summed E-state index contributed by atoms with van der Waals surface area (Å²) in [4.78, 5) is 0. The fourth-order valence-corrected chi connectivity index (χ4v) is 1.95. The highest BCUT2D eigenvalue weighted by Gasteiger charge is 2.12. The first kappa shape index (κ1) is 13.5. The lowest BCUT2D eigenvalue weighted by atomic mass is 10.2. The van der Waals surface area contributed by atoms with Crippen molar-refractivity contribution < 1.29 is 4.42 Å². The highest BCUT2D eigenvalue weighted by Crippen LogP contribution is 2.29. The van der Waals surface area contributed by atoms with Crippen LogP contribution in [0.25, 0.3) is 11.5 Å². The van der Waals surface area contributed by atoms with E-state index in [1.54, 1.807) is 6.07 Å². The Labute approximate surface area is 119 Å². The molecule has 1 aromatic heterocycles. The molecule has 0 saturated heterocycles. The van der Waals surface area contributed by atoms with E-state index in [0.717, 1.165) is 10.0 Å². The van der Waals surface area contributed by atoms with Gasteiger partial charge in [0.15, 0.2) is 0 Å². The van der Waals surface area contributed by atoms with Crippen LogP contribution in [0.1, 0.15) is 19.7 Å². The van der Waals surface area contributed by atoms with Crippen LogP contribution in [-0.4, -0.2) is 16.2 Å². The summed E-state index contributed by atoms with van der Waals surface area (Å²) in [5.74, 6) is 0.983. The van der Waals surface area contributed by atoms with Crippen molar-refractivity contribution in [1.82, 2.24) is 15.5 Å². The summed E-state index contributed by atoms with van der Waals surface area (Å²) >= 11 is 9.49. The minimum atomic E-state index is 0.370. The molecule has 4 nitrogen and oxygen atoms in total. The van der Waals surface area contributed by atoms with Gasteiger partial charge in [-0.2, -0.15) is 0 Å². The van der Waals surface area contributed by atoms with E-state index < -0.39 is 0 Å². The minimum Gasteiger partial charge on any atom is -0.419 e. The lowest BCUT2D eigenvalue weighted by molar-refractivity contribution is 0.459. The monoisotopic (exact) mass is 329 g/mol. The summed E-state index contributed by atoms with van der Waals surface area (Å²) in [6, 6.07) is 5.88. The highest BCUT2D eigenvalue weighted by molar-refractivity contribution is 9.10. The zero-order chi connectivity index (χ0) is 13.1. The van der Waals surface area contributed by atoms with E-state index in [4.69, 9.17) is 16.0 Å². The number of aromatic nitrogens is 2. The average Bonchev–Trinajstić information content (AvgIpc) is 2.78. The molecule has 1 aromatic carbocycles. The maximum absolute atomic E-state index is 6.10. The second kappa shape index (κ2) is 5.82. The van der Waals surface area contributed by atoms with Crippen LogP contribution in [0.2, 0.25) is 5.02 Å². The quantitative estimate of drug-likeness (QED) is 0.929. The lowest BCUT2D eigenvalue weighted by Gasteiger charge is -2.03. The summed E-state index contributed by atoms with van der Waals surface area (Å²) in [5, 5.41) is 11.8. The topological polar surface area (TPSA) is 51.0 Å². The molecule has 0 fully saturated rings. The van der Waals surface area contributed by atoms with Crippen LogP contribution in [0.15, 0.2) is 27.1 Å². The molecule has 0 radical (unpaired) electrons. The van der Waals surface area contributed by atoms with Gasteiger partial charge in [0.2, 0.25) is 11.8 Å². The van der Waals surface area contributed by atoms with Crippen LogP contribution in [0, 0.1) is 0 Å². The molecule has 0 aliphatic rings. The molecule has 0 aliphatic carbocycles. The molecule has 0 unspecified atom stereocenters. The summed E-state index contributed by atoms with van der Waals surface area (Å²) in [7, 11) is 0. The van der Waals surface area contributed by atoms with Gasteiger partial charge in [0.05, 0.1) is 17.1 Å². The van der Waals surface area contributed by atoms with Gasteiger partial charge < -0.3 is 9.73 Å². The Hall–Kier alpha value is -0.910. The summed E-state index contributed by atoms with van der Waals surface area (Å²) in [6.07, 6.45) is 0. The van der Waals surface area contributed by atoms with Gasteiger partial charge in [-0.15, -0.1) is 10.2 Å². The number of nitrogens with one attached hydrogen (secondary N) is 1. The van der Waals surface area contributed by atoms with Gasteiger partial charge in [-0.05, 0) is 18.2 Å². The van der Waals surface area contributed by atoms with Gasteiger partial charge in [0, 0.05) is 10.5 Å². The molecule has 2 aromatic rings. The van der Waals surface area contributed by atoms with Crippen molar-refractivity contribution in [2.45, 2.75) is 26.4 Å². The SMILES string of the molecule is CC(C)NCc1nnc(-c2cc(Br)ccc2Cl)o1. The van der Waals surface area contributed by atoms with Gasteiger partial charge in [-0.3, -0.25) is 0 Å². The lowest BCUT2D eigenvalue weighted by Crippen LogP contribution is -2.21. The molecule has 6 heteroatoms. The average molecular weight is 331 g/mol. The number of nitrogens with zero attached hydrogens (tertiary/aromatic N) is 2. The smallest absolute Gasteiger partial charge is 0.249 e. The fraction of sp³-hybridized carbons (Fsp3) is 0.333. The predicted molar refractivity (Wildman–Crippen MR) is 74.4 cm³/mol. The van der Waals surface area contributed by atoms with Crippen LogP contribution in [0.5, 0.6) is 0 Å². The van der Waals surface area contributed by atoms with Crippen LogP contribution >= 0.6 is 27.5 Å². The Kier molecular flexibility index (Phi) is 4.37. The van der Waals surface area contributed by atoms with Gasteiger partial charge >= 0.3 is 0 Å². The zero-order valence-electron chi connectivity index (χ0n) is 10.1. The third kappa shape index (κ3) is 3.31. The second-order valence-electron chi connectivity index (χ2n) is 4.16. The molecule has 96 valence electrons. The van der Waals surface area contributed by atoms with E-state index >= 15 is 0 Å². The first-order valence-electron chi connectivity index (χ1n) is 5.57. The summed E-state index contributed by atoms with van der Waals surface area (Å²) in [5.41, 5.74) is 0.731. The van der Waals surface area contributed by atoms with E-state index in [0.29, 0.717) is 29.4 Å². The van der Waals surface area contributed by atoms with Gasteiger partial charge in [0.1, 0.15) is 0 Å². The molecule has 0 spiro atoms. The van der Waals surface area contributed by atoms with Gasteiger partial charge in [0.25, 0.3) is 0 Å². The molecule has 0 saturated carbocycles. The Morgan fingerprint density at radius 2 is 2.17 bits per heavy atom. The maximum atomic E-state index is 6.10. The largest absolute Gasteiger partial charge is 0.419 e. The Morgan fingerprint density at radius 3 is 2.89 bits per heavy atom. The molecular weight excluding hydrogens is 318 g/mol. The van der Waals surface area contributed by atoms with Crippen molar-refractivity contribution in [1.29, 1.82) is 0 Å². The number of hydrogen-bond acceptors (Lipinski definition) is 4. The molecule has 0 amide bonds. The Bertz CT molecular complexity index is 542. The predicted octanol–water partition coefficient (Wildman–Crippen LogP) is 3.65. The Morgan fingerprint density at radius 1 is 1.39 bits per heavy atom. The number of rotatable bonds is 4. The normalized spacial score (nSPS) is 11.2. The van der Waals surface area contributed by atoms with Crippen molar-refractivity contribution in [2.75, 3.05) is 0 Å². The zero-order valence-corrected chi connectivity index (χ0v) is 12.4. The van der Waals surface area contributed by atoms with Crippen molar-refractivity contribution >= 4 is 27.5 Å². The van der Waals surface area contributed by atoms with Crippen molar-refractivity contribution in [3.63, 3.8) is 0 Å². The van der Waals surface area contributed by atoms with Crippen LogP contribution in [0.4, 0.5) is 0 Å². The van der Waals surface area contributed by atoms with E-state index in [9.17, 15) is 0 Å². The van der Waals surface area contributed by atoms with E-state index in [1.165, 1.54) is 0 Å². The molecule has 2 rings (SSSR count). The minimum absolute atomic E-state index is 0.370. The molecule has 0 bridgehead atoms. The molecule has 1 heterocycles. The van der Waals surface area contributed by atoms with Crippen molar-refractivity contribution in [3.05, 3.63) is 33.6 Å². The number of hydrogen-bond donors (Lipinski definition) is 1. The number of benzene rings is 1. The van der Waals surface area contributed by atoms with Crippen LogP contribution in [0.3, 0.4) is 0 Å². The molecule has 0 atom stereocenters. The van der Waals surface area contributed by atoms with E-state index in [2.05, 4.69) is 45.3 Å². The van der Waals surface area contributed by atoms with E-state index in [1.807, 2.05) is 12.1 Å². The van der Waals surface area contributed by atoms with Gasteiger partial charge in [-0.1, -0.05) is 41.4 Å². The highest BCUT2D eigenvalue weighted by atomic mass is 79.9. The third-order valence-corrected chi connectivity index (χ3v) is 3.11. The summed E-state index contributed by atoms with van der Waals surface area (Å²) in [6.45, 7) is 4.67. The first-order chi connectivity index (χ1) is 8.56. The first-order valence-corrected chi connectivity index (χ1v) is 6.74. The Balaban J connectivity index is 2.21. The summed E-state index contributed by atoms with van der Waals surface area (Å²) < 4.78 is 6.48. The van der Waals surface area contributed by atoms with Crippen LogP contribution < -0.4 is 5.32 Å². The van der Waals surface area contributed by atoms with Crippen molar-refractivity contribution in [3.8, 4) is 11.5 Å².